The van der Waals surface area contributed by atoms with Crippen molar-refractivity contribution in [3.05, 3.63) is 35.5 Å². The maximum absolute atomic E-state index is 12.9. The minimum Gasteiger partial charge on any atom is -0.253 e. The number of anilines is 1. The molecule has 0 amide bonds. The van der Waals surface area contributed by atoms with Gasteiger partial charge in [0.1, 0.15) is 5.82 Å². The number of hydrazone groups is 1. The van der Waals surface area contributed by atoms with Gasteiger partial charge in [-0.05, 0) is 55.9 Å². The quantitative estimate of drug-likeness (QED) is 0.817. The van der Waals surface area contributed by atoms with E-state index in [0.29, 0.717) is 0 Å². The van der Waals surface area contributed by atoms with Crippen LogP contribution in [-0.2, 0) is 0 Å². The highest BCUT2D eigenvalue weighted by Gasteiger charge is 2.14. The summed E-state index contributed by atoms with van der Waals surface area (Å²) in [5.41, 5.74) is 6.05. The van der Waals surface area contributed by atoms with Crippen molar-refractivity contribution in [2.24, 2.45) is 11.0 Å². The topological polar surface area (TPSA) is 37.3 Å². The molecule has 1 aliphatic rings. The van der Waals surface area contributed by atoms with Gasteiger partial charge in [-0.1, -0.05) is 6.92 Å². The molecular weight excluding hydrogens is 285 g/mol. The molecule has 1 heterocycles. The van der Waals surface area contributed by atoms with Gasteiger partial charge in [-0.15, -0.1) is 11.3 Å². The number of nitrogens with one attached hydrogen (secondary N) is 1. The lowest BCUT2D eigenvalue weighted by molar-refractivity contribution is 0.500. The van der Waals surface area contributed by atoms with Gasteiger partial charge in [0, 0.05) is 16.7 Å². The predicted molar refractivity (Wildman–Crippen MR) is 86.2 cm³/mol. The highest BCUT2D eigenvalue weighted by atomic mass is 32.1. The van der Waals surface area contributed by atoms with Crippen LogP contribution in [0.5, 0.6) is 0 Å². The Kier molecular flexibility index (Phi) is 4.29. The molecule has 1 unspecified atom stereocenters. The summed E-state index contributed by atoms with van der Waals surface area (Å²) in [4.78, 5) is 4.49. The zero-order valence-electron chi connectivity index (χ0n) is 12.0. The Morgan fingerprint density at radius 3 is 2.90 bits per heavy atom. The van der Waals surface area contributed by atoms with Crippen LogP contribution in [-0.4, -0.2) is 10.7 Å². The van der Waals surface area contributed by atoms with E-state index in [-0.39, 0.29) is 5.82 Å². The van der Waals surface area contributed by atoms with Gasteiger partial charge in [0.15, 0.2) is 0 Å². The van der Waals surface area contributed by atoms with E-state index in [9.17, 15) is 4.39 Å². The van der Waals surface area contributed by atoms with Crippen molar-refractivity contribution in [1.29, 1.82) is 0 Å². The zero-order valence-corrected chi connectivity index (χ0v) is 12.8. The molecule has 1 atom stereocenters. The summed E-state index contributed by atoms with van der Waals surface area (Å²) in [5.74, 6) is 0.496. The third kappa shape index (κ3) is 3.67. The second kappa shape index (κ2) is 6.35. The van der Waals surface area contributed by atoms with Gasteiger partial charge in [0.2, 0.25) is 5.13 Å². The van der Waals surface area contributed by atoms with Crippen molar-refractivity contribution in [1.82, 2.24) is 4.98 Å². The average molecular weight is 303 g/mol. The van der Waals surface area contributed by atoms with Gasteiger partial charge in [-0.3, -0.25) is 5.43 Å². The standard InChI is InChI=1S/C16H18FN3S/c1-11-3-2-4-14(9-11)19-20-16-18-15(10-21-16)12-5-7-13(17)8-6-12/h5-8,10-11H,2-4,9H2,1H3,(H,18,20)/b19-14+. The van der Waals surface area contributed by atoms with Gasteiger partial charge in [-0.25, -0.2) is 9.37 Å². The summed E-state index contributed by atoms with van der Waals surface area (Å²) < 4.78 is 12.9. The van der Waals surface area contributed by atoms with Crippen molar-refractivity contribution in [3.63, 3.8) is 0 Å². The second-order valence-corrected chi connectivity index (χ2v) is 6.39. The van der Waals surface area contributed by atoms with Crippen LogP contribution in [0.1, 0.15) is 32.6 Å². The Bertz CT molecular complexity index is 633. The highest BCUT2D eigenvalue weighted by molar-refractivity contribution is 7.14. The van der Waals surface area contributed by atoms with Crippen LogP contribution in [0.15, 0.2) is 34.7 Å². The van der Waals surface area contributed by atoms with E-state index in [1.807, 2.05) is 5.38 Å². The van der Waals surface area contributed by atoms with E-state index < -0.39 is 0 Å². The number of halogens is 1. The molecule has 3 nitrogen and oxygen atoms in total. The van der Waals surface area contributed by atoms with Gasteiger partial charge in [0.25, 0.3) is 0 Å². The number of rotatable bonds is 3. The van der Waals surface area contributed by atoms with Crippen LogP contribution < -0.4 is 5.43 Å². The fraction of sp³-hybridized carbons (Fsp3) is 0.375. The maximum atomic E-state index is 12.9. The molecular formula is C16H18FN3S. The molecule has 21 heavy (non-hydrogen) atoms. The number of benzene rings is 1. The number of thiazole rings is 1. The fourth-order valence-electron chi connectivity index (χ4n) is 2.57. The van der Waals surface area contributed by atoms with Crippen molar-refractivity contribution >= 4 is 22.2 Å². The number of hydrogen-bond acceptors (Lipinski definition) is 4. The van der Waals surface area contributed by atoms with Crippen molar-refractivity contribution in [3.8, 4) is 11.3 Å². The smallest absolute Gasteiger partial charge is 0.203 e. The Balaban J connectivity index is 1.67. The average Bonchev–Trinajstić information content (AvgIpc) is 2.95. The van der Waals surface area contributed by atoms with E-state index in [4.69, 9.17) is 0 Å². The number of aromatic nitrogens is 1. The van der Waals surface area contributed by atoms with Gasteiger partial charge >= 0.3 is 0 Å². The van der Waals surface area contributed by atoms with Crippen LogP contribution in [0, 0.1) is 11.7 Å². The van der Waals surface area contributed by atoms with Crippen LogP contribution in [0.3, 0.4) is 0 Å². The Morgan fingerprint density at radius 2 is 2.14 bits per heavy atom. The predicted octanol–water partition coefficient (Wildman–Crippen LogP) is 4.93. The summed E-state index contributed by atoms with van der Waals surface area (Å²) >= 11 is 1.51. The molecule has 1 aromatic heterocycles. The molecule has 3 rings (SSSR count). The Hall–Kier alpha value is -1.75. The molecule has 110 valence electrons. The first kappa shape index (κ1) is 14.2. The largest absolute Gasteiger partial charge is 0.253 e. The molecule has 0 bridgehead atoms. The maximum Gasteiger partial charge on any atom is 0.203 e. The molecule has 0 saturated heterocycles. The summed E-state index contributed by atoms with van der Waals surface area (Å²) in [5, 5.41) is 7.21. The molecule has 0 spiro atoms. The summed E-state index contributed by atoms with van der Waals surface area (Å²) in [7, 11) is 0. The van der Waals surface area contributed by atoms with E-state index in [0.717, 1.165) is 35.1 Å². The molecule has 1 aromatic carbocycles. The molecule has 1 fully saturated rings. The third-order valence-electron chi connectivity index (χ3n) is 3.70. The van der Waals surface area contributed by atoms with Gasteiger partial charge in [0.05, 0.1) is 5.69 Å². The molecule has 0 aliphatic heterocycles. The fourth-order valence-corrected chi connectivity index (χ4v) is 3.23. The monoisotopic (exact) mass is 303 g/mol. The lowest BCUT2D eigenvalue weighted by Gasteiger charge is -2.18. The lowest BCUT2D eigenvalue weighted by Crippen LogP contribution is -2.13. The zero-order chi connectivity index (χ0) is 14.7. The van der Waals surface area contributed by atoms with Crippen molar-refractivity contribution in [2.75, 3.05) is 5.43 Å². The van der Waals surface area contributed by atoms with E-state index in [2.05, 4.69) is 22.4 Å². The van der Waals surface area contributed by atoms with Crippen molar-refractivity contribution < 1.29 is 4.39 Å². The summed E-state index contributed by atoms with van der Waals surface area (Å²) in [6.45, 7) is 2.27. The van der Waals surface area contributed by atoms with Crippen molar-refractivity contribution in [2.45, 2.75) is 32.6 Å². The van der Waals surface area contributed by atoms with E-state index in [1.54, 1.807) is 12.1 Å². The van der Waals surface area contributed by atoms with Crippen LogP contribution in [0.4, 0.5) is 9.52 Å². The third-order valence-corrected chi connectivity index (χ3v) is 4.45. The van der Waals surface area contributed by atoms with Crippen LogP contribution in [0.2, 0.25) is 0 Å². The van der Waals surface area contributed by atoms with E-state index in [1.165, 1.54) is 42.0 Å². The SMILES string of the molecule is CC1CCC/C(=N\Nc2nc(-c3ccc(F)cc3)cs2)C1. The van der Waals surface area contributed by atoms with Gasteiger partial charge in [-0.2, -0.15) is 5.10 Å². The first-order valence-corrected chi connectivity index (χ1v) is 8.11. The molecule has 1 N–H and O–H groups in total. The molecule has 0 radical (unpaired) electrons. The minimum absolute atomic E-state index is 0.231. The molecule has 2 aromatic rings. The van der Waals surface area contributed by atoms with Gasteiger partial charge < -0.3 is 0 Å². The summed E-state index contributed by atoms with van der Waals surface area (Å²) in [6, 6.07) is 6.38. The minimum atomic E-state index is -0.231. The lowest BCUT2D eigenvalue weighted by atomic mass is 9.89. The van der Waals surface area contributed by atoms with Crippen LogP contribution in [0.25, 0.3) is 11.3 Å². The normalized spacial score (nSPS) is 20.7. The Morgan fingerprint density at radius 1 is 1.33 bits per heavy atom. The first-order valence-electron chi connectivity index (χ1n) is 7.23. The Labute approximate surface area is 127 Å². The second-order valence-electron chi connectivity index (χ2n) is 5.54. The highest BCUT2D eigenvalue weighted by Crippen LogP contribution is 2.26. The molecule has 1 saturated carbocycles. The summed E-state index contributed by atoms with van der Waals surface area (Å²) in [6.07, 6.45) is 4.67. The van der Waals surface area contributed by atoms with Crippen LogP contribution >= 0.6 is 11.3 Å². The van der Waals surface area contributed by atoms with E-state index >= 15 is 0 Å². The number of hydrogen-bond donors (Lipinski definition) is 1. The molecule has 5 heteroatoms. The number of nitrogens with zero attached hydrogens (tertiary/aromatic N) is 2. The first-order chi connectivity index (χ1) is 10.2. The molecule has 1 aliphatic carbocycles.